The quantitative estimate of drug-likeness (QED) is 0.0580. The van der Waals surface area contributed by atoms with E-state index >= 15 is 0 Å². The molecule has 310 valence electrons. The number of amides is 1. The molecule has 57 heavy (non-hydrogen) atoms. The summed E-state index contributed by atoms with van der Waals surface area (Å²) in [5, 5.41) is 4.97. The van der Waals surface area contributed by atoms with Crippen LogP contribution in [-0.4, -0.2) is 105 Å². The third-order valence-corrected chi connectivity index (χ3v) is 14.0. The van der Waals surface area contributed by atoms with E-state index in [0.29, 0.717) is 38.1 Å². The van der Waals surface area contributed by atoms with Crippen LogP contribution >= 0.6 is 0 Å². The molecular formula is C43H64N6O6Si2. The molecule has 1 amide bonds. The molecule has 2 saturated heterocycles. The Hall–Kier alpha value is -3.83. The monoisotopic (exact) mass is 816 g/mol. The van der Waals surface area contributed by atoms with Gasteiger partial charge < -0.3 is 33.5 Å². The summed E-state index contributed by atoms with van der Waals surface area (Å²) in [6.45, 7) is 22.1. The second kappa shape index (κ2) is 18.0. The fourth-order valence-corrected chi connectivity index (χ4v) is 9.06. The number of methoxy groups -OCH3 is 1. The van der Waals surface area contributed by atoms with E-state index < -0.39 is 21.7 Å². The van der Waals surface area contributed by atoms with E-state index in [4.69, 9.17) is 38.8 Å². The average molecular weight is 817 g/mol. The lowest BCUT2D eigenvalue weighted by Crippen LogP contribution is -2.48. The van der Waals surface area contributed by atoms with Crippen LogP contribution < -0.4 is 9.64 Å². The van der Waals surface area contributed by atoms with Crippen LogP contribution in [0.25, 0.3) is 28.0 Å². The molecule has 2 aliphatic heterocycles. The van der Waals surface area contributed by atoms with Crippen molar-refractivity contribution in [3.8, 4) is 28.1 Å². The Labute approximate surface area is 341 Å². The Morgan fingerprint density at radius 2 is 1.51 bits per heavy atom. The zero-order valence-electron chi connectivity index (χ0n) is 35.8. The second-order valence-electron chi connectivity index (χ2n) is 19.0. The number of pyridine rings is 1. The molecule has 0 N–H and O–H groups in total. The van der Waals surface area contributed by atoms with Crippen molar-refractivity contribution in [3.05, 3.63) is 60.6 Å². The maximum absolute atomic E-state index is 13.4. The first-order chi connectivity index (χ1) is 27.0. The highest BCUT2D eigenvalue weighted by molar-refractivity contribution is 6.76. The van der Waals surface area contributed by atoms with Crippen LogP contribution in [0, 0.1) is 0 Å². The number of piperidine rings is 1. The number of anilines is 1. The standard InChI is InChI=1S/C43H64N6O6Si2/c1-43(2,3)55-42(50)48-34-16-17-35(48)23-32(22-34)37-25-39(47(28-52-18-20-56(5,6)7)29-53-19-21-57(8,9)10)49-41(46-37)36(27-45-49)33-24-38(54-30-51-4)40(44-26-33)31-14-12-11-13-15-31/h11-15,24-27,32,34-35H,16-23,28-30H2,1-10H3/t32?,34-,35+. The minimum atomic E-state index is -1.30. The van der Waals surface area contributed by atoms with Gasteiger partial charge in [0.1, 0.15) is 36.3 Å². The third-order valence-electron chi connectivity index (χ3n) is 10.6. The van der Waals surface area contributed by atoms with Gasteiger partial charge in [-0.15, -0.1) is 0 Å². The normalized spacial score (nSPS) is 18.6. The van der Waals surface area contributed by atoms with E-state index in [1.54, 1.807) is 7.11 Å². The third kappa shape index (κ3) is 11.2. The lowest BCUT2D eigenvalue weighted by Gasteiger charge is -2.39. The van der Waals surface area contributed by atoms with Crippen molar-refractivity contribution in [3.63, 3.8) is 0 Å². The van der Waals surface area contributed by atoms with E-state index in [2.05, 4.69) is 50.2 Å². The van der Waals surface area contributed by atoms with Crippen LogP contribution in [0.3, 0.4) is 0 Å². The molecule has 3 aromatic heterocycles. The predicted octanol–water partition coefficient (Wildman–Crippen LogP) is 9.52. The molecule has 1 aromatic carbocycles. The van der Waals surface area contributed by atoms with Crippen LogP contribution in [0.15, 0.2) is 54.9 Å². The minimum absolute atomic E-state index is 0.0843. The zero-order valence-corrected chi connectivity index (χ0v) is 37.8. The number of aromatic nitrogens is 4. The van der Waals surface area contributed by atoms with Gasteiger partial charge in [0.2, 0.25) is 0 Å². The largest absolute Gasteiger partial charge is 0.465 e. The molecule has 0 aliphatic carbocycles. The lowest BCUT2D eigenvalue weighted by molar-refractivity contribution is 0.00568. The van der Waals surface area contributed by atoms with Crippen LogP contribution in [0.4, 0.5) is 10.6 Å². The average Bonchev–Trinajstić information content (AvgIpc) is 3.69. The number of rotatable bonds is 17. The molecule has 1 unspecified atom stereocenters. The number of carbonyl (C=O) groups excluding carboxylic acids is 1. The number of hydrogen-bond acceptors (Lipinski definition) is 10. The van der Waals surface area contributed by atoms with Crippen molar-refractivity contribution in [1.82, 2.24) is 24.5 Å². The molecule has 4 aromatic rings. The number of nitrogens with zero attached hydrogens (tertiary/aromatic N) is 6. The number of fused-ring (bicyclic) bond motifs is 3. The number of benzene rings is 1. The molecule has 0 spiro atoms. The van der Waals surface area contributed by atoms with Gasteiger partial charge in [0.25, 0.3) is 0 Å². The Balaban J connectivity index is 1.41. The summed E-state index contributed by atoms with van der Waals surface area (Å²) < 4.78 is 32.0. The van der Waals surface area contributed by atoms with Crippen LogP contribution in [-0.2, 0) is 18.9 Å². The van der Waals surface area contributed by atoms with E-state index in [1.807, 2.05) is 79.0 Å². The van der Waals surface area contributed by atoms with Gasteiger partial charge in [0.15, 0.2) is 12.4 Å². The summed E-state index contributed by atoms with van der Waals surface area (Å²) in [6.07, 6.45) is 7.04. The van der Waals surface area contributed by atoms with E-state index in [9.17, 15) is 4.79 Å². The van der Waals surface area contributed by atoms with Gasteiger partial charge in [0, 0.05) is 89.1 Å². The van der Waals surface area contributed by atoms with Gasteiger partial charge in [-0.1, -0.05) is 69.6 Å². The van der Waals surface area contributed by atoms with Crippen molar-refractivity contribution in [2.45, 2.75) is 121 Å². The SMILES string of the molecule is COCOc1cc(-c2cnn3c(N(COCC[Si](C)(C)C)COCC[Si](C)(C)C)cc(C4C[C@H]5CC[C@@H](C4)N5C(=O)OC(C)(C)C)nc23)cnc1-c1ccccc1. The first kappa shape index (κ1) is 42.8. The van der Waals surface area contributed by atoms with Gasteiger partial charge in [-0.05, 0) is 64.6 Å². The maximum Gasteiger partial charge on any atom is 0.410 e. The summed E-state index contributed by atoms with van der Waals surface area (Å²) in [5.41, 5.74) is 4.48. The van der Waals surface area contributed by atoms with Gasteiger partial charge in [0.05, 0.1) is 6.20 Å². The van der Waals surface area contributed by atoms with Crippen molar-refractivity contribution in [1.29, 1.82) is 0 Å². The fraction of sp³-hybridized carbons (Fsp3) is 0.581. The summed E-state index contributed by atoms with van der Waals surface area (Å²) in [7, 11) is -0.996. The molecule has 12 nitrogen and oxygen atoms in total. The number of hydrogen-bond donors (Lipinski definition) is 0. The zero-order chi connectivity index (χ0) is 41.0. The van der Waals surface area contributed by atoms with Crippen molar-refractivity contribution in [2.75, 3.05) is 45.5 Å². The summed E-state index contributed by atoms with van der Waals surface area (Å²) in [4.78, 5) is 27.9. The molecular weight excluding hydrogens is 753 g/mol. The number of ether oxygens (including phenoxy) is 5. The van der Waals surface area contributed by atoms with E-state index in [-0.39, 0.29) is 30.9 Å². The molecule has 2 aliphatic rings. The Morgan fingerprint density at radius 3 is 2.09 bits per heavy atom. The first-order valence-electron chi connectivity index (χ1n) is 20.5. The van der Waals surface area contributed by atoms with E-state index in [0.717, 1.165) is 71.7 Å². The van der Waals surface area contributed by atoms with Crippen LogP contribution in [0.5, 0.6) is 5.75 Å². The topological polar surface area (TPSA) is 113 Å². The molecule has 0 radical (unpaired) electrons. The minimum Gasteiger partial charge on any atom is -0.465 e. The number of carbonyl (C=O) groups is 1. The first-order valence-corrected chi connectivity index (χ1v) is 27.9. The summed E-state index contributed by atoms with van der Waals surface area (Å²) in [5.74, 6) is 1.60. The molecule has 6 rings (SSSR count). The maximum atomic E-state index is 13.4. The Kier molecular flexibility index (Phi) is 13.5. The van der Waals surface area contributed by atoms with Crippen molar-refractivity contribution >= 4 is 33.7 Å². The molecule has 2 bridgehead atoms. The smallest absolute Gasteiger partial charge is 0.410 e. The van der Waals surface area contributed by atoms with Gasteiger partial charge in [-0.25, -0.2) is 9.78 Å². The van der Waals surface area contributed by atoms with Crippen molar-refractivity contribution < 1.29 is 28.5 Å². The van der Waals surface area contributed by atoms with Gasteiger partial charge >= 0.3 is 6.09 Å². The highest BCUT2D eigenvalue weighted by Crippen LogP contribution is 2.44. The molecule has 0 saturated carbocycles. The second-order valence-corrected chi connectivity index (χ2v) is 30.2. The molecule has 5 heterocycles. The molecule has 14 heteroatoms. The fourth-order valence-electron chi connectivity index (χ4n) is 7.55. The van der Waals surface area contributed by atoms with Crippen LogP contribution in [0.2, 0.25) is 51.4 Å². The van der Waals surface area contributed by atoms with E-state index in [1.165, 1.54) is 0 Å². The predicted molar refractivity (Wildman–Crippen MR) is 231 cm³/mol. The molecule has 2 fully saturated rings. The highest BCUT2D eigenvalue weighted by atomic mass is 28.3. The molecule has 3 atom stereocenters. The van der Waals surface area contributed by atoms with Crippen LogP contribution in [0.1, 0.15) is 58.1 Å². The lowest BCUT2D eigenvalue weighted by atomic mass is 9.88. The van der Waals surface area contributed by atoms with Crippen molar-refractivity contribution in [2.24, 2.45) is 0 Å². The van der Waals surface area contributed by atoms with Gasteiger partial charge in [-0.2, -0.15) is 9.61 Å². The Bertz CT molecular complexity index is 1920. The summed E-state index contributed by atoms with van der Waals surface area (Å²) >= 11 is 0. The Morgan fingerprint density at radius 1 is 0.877 bits per heavy atom. The van der Waals surface area contributed by atoms with Gasteiger partial charge in [-0.3, -0.25) is 4.98 Å². The highest BCUT2D eigenvalue weighted by Gasteiger charge is 2.45. The summed E-state index contributed by atoms with van der Waals surface area (Å²) in [6, 6.07) is 16.5.